The highest BCUT2D eigenvalue weighted by Crippen LogP contribution is 2.33. The van der Waals surface area contributed by atoms with Crippen molar-refractivity contribution < 1.29 is 30.7 Å². The van der Waals surface area contributed by atoms with Gasteiger partial charge in [-0.3, -0.25) is 0 Å². The van der Waals surface area contributed by atoms with Gasteiger partial charge in [-0.15, -0.1) is 12.4 Å². The van der Waals surface area contributed by atoms with E-state index in [0.717, 1.165) is 0 Å². The second-order valence-corrected chi connectivity index (χ2v) is 4.03. The van der Waals surface area contributed by atoms with Crippen LogP contribution in [0.2, 0.25) is 0 Å². The first-order valence-corrected chi connectivity index (χ1v) is 5.19. The van der Waals surface area contributed by atoms with Gasteiger partial charge in [0.1, 0.15) is 5.82 Å². The summed E-state index contributed by atoms with van der Waals surface area (Å²) < 4.78 is 86.1. The first-order chi connectivity index (χ1) is 8.49. The zero-order valence-corrected chi connectivity index (χ0v) is 10.7. The molecular formula is C11H11ClF7N. The quantitative estimate of drug-likeness (QED) is 0.807. The van der Waals surface area contributed by atoms with Crippen LogP contribution in [0.5, 0.6) is 0 Å². The van der Waals surface area contributed by atoms with Gasteiger partial charge in [0, 0.05) is 12.5 Å². The predicted molar refractivity (Wildman–Crippen MR) is 60.9 cm³/mol. The molecule has 0 saturated carbocycles. The van der Waals surface area contributed by atoms with Crippen LogP contribution < -0.4 is 5.73 Å². The number of hydrogen-bond donors (Lipinski definition) is 1. The van der Waals surface area contributed by atoms with Crippen molar-refractivity contribution in [3.8, 4) is 0 Å². The largest absolute Gasteiger partial charge is 0.416 e. The van der Waals surface area contributed by atoms with E-state index in [0.29, 0.717) is 12.1 Å². The van der Waals surface area contributed by atoms with Crippen LogP contribution >= 0.6 is 12.4 Å². The average Bonchev–Trinajstić information content (AvgIpc) is 2.22. The lowest BCUT2D eigenvalue weighted by Crippen LogP contribution is -2.17. The van der Waals surface area contributed by atoms with Crippen molar-refractivity contribution in [1.29, 1.82) is 0 Å². The molecule has 0 aromatic heterocycles. The summed E-state index contributed by atoms with van der Waals surface area (Å²) in [5.74, 6) is -1.19. The van der Waals surface area contributed by atoms with E-state index < -0.39 is 42.6 Å². The van der Waals surface area contributed by atoms with Gasteiger partial charge in [0.15, 0.2) is 0 Å². The number of halogens is 8. The van der Waals surface area contributed by atoms with Crippen molar-refractivity contribution in [3.05, 3.63) is 35.1 Å². The zero-order chi connectivity index (χ0) is 14.8. The Morgan fingerprint density at radius 1 is 1.00 bits per heavy atom. The predicted octanol–water partition coefficient (Wildman–Crippen LogP) is 4.61. The van der Waals surface area contributed by atoms with Crippen LogP contribution in [0, 0.1) is 5.82 Å². The molecule has 0 aliphatic carbocycles. The normalized spacial score (nSPS) is 13.8. The van der Waals surface area contributed by atoms with Crippen LogP contribution in [-0.2, 0) is 6.18 Å². The molecule has 0 unspecified atom stereocenters. The second kappa shape index (κ2) is 6.62. The van der Waals surface area contributed by atoms with Crippen molar-refractivity contribution >= 4 is 12.4 Å². The van der Waals surface area contributed by atoms with Crippen LogP contribution in [0.3, 0.4) is 0 Å². The average molecular weight is 326 g/mol. The highest BCUT2D eigenvalue weighted by Gasteiger charge is 2.32. The maximum absolute atomic E-state index is 13.0. The van der Waals surface area contributed by atoms with Crippen molar-refractivity contribution in [2.24, 2.45) is 5.73 Å². The number of benzene rings is 1. The van der Waals surface area contributed by atoms with E-state index in [9.17, 15) is 30.7 Å². The van der Waals surface area contributed by atoms with Gasteiger partial charge in [0.05, 0.1) is 5.56 Å². The lowest BCUT2D eigenvalue weighted by molar-refractivity contribution is -0.138. The number of hydrogen-bond acceptors (Lipinski definition) is 1. The van der Waals surface area contributed by atoms with Crippen LogP contribution in [0.4, 0.5) is 30.7 Å². The van der Waals surface area contributed by atoms with Crippen molar-refractivity contribution in [1.82, 2.24) is 0 Å². The molecule has 9 heteroatoms. The molecule has 0 fully saturated rings. The van der Waals surface area contributed by atoms with Gasteiger partial charge in [-0.1, -0.05) is 0 Å². The van der Waals surface area contributed by atoms with E-state index in [2.05, 4.69) is 0 Å². The molecule has 2 N–H and O–H groups in total. The molecule has 1 aromatic rings. The maximum Gasteiger partial charge on any atom is 0.416 e. The van der Waals surface area contributed by atoms with Gasteiger partial charge < -0.3 is 5.73 Å². The number of nitrogens with two attached hydrogens (primary N) is 1. The van der Waals surface area contributed by atoms with E-state index >= 15 is 0 Å². The van der Waals surface area contributed by atoms with E-state index in [4.69, 9.17) is 5.73 Å². The summed E-state index contributed by atoms with van der Waals surface area (Å²) in [6.07, 6.45) is -11.1. The summed E-state index contributed by atoms with van der Waals surface area (Å²) in [5, 5.41) is 0. The third kappa shape index (κ3) is 5.96. The molecule has 1 nitrogen and oxygen atoms in total. The molecule has 0 bridgehead atoms. The molecule has 20 heavy (non-hydrogen) atoms. The molecule has 0 saturated heterocycles. The Morgan fingerprint density at radius 3 is 2.00 bits per heavy atom. The minimum atomic E-state index is -4.78. The van der Waals surface area contributed by atoms with Gasteiger partial charge in [-0.25, -0.2) is 4.39 Å². The molecule has 1 aromatic carbocycles. The summed E-state index contributed by atoms with van der Waals surface area (Å²) in [6, 6.07) is 0.221. The van der Waals surface area contributed by atoms with Gasteiger partial charge in [-0.2, -0.15) is 26.3 Å². The highest BCUT2D eigenvalue weighted by atomic mass is 35.5. The minimum Gasteiger partial charge on any atom is -0.324 e. The maximum atomic E-state index is 13.0. The Labute approximate surface area is 116 Å². The SMILES string of the molecule is Cl.N[C@H](CCC(F)(F)F)c1cc(F)cc(C(F)(F)F)c1. The fourth-order valence-electron chi connectivity index (χ4n) is 1.48. The zero-order valence-electron chi connectivity index (χ0n) is 9.85. The smallest absolute Gasteiger partial charge is 0.324 e. The highest BCUT2D eigenvalue weighted by molar-refractivity contribution is 5.85. The van der Waals surface area contributed by atoms with Gasteiger partial charge in [0.2, 0.25) is 0 Å². The van der Waals surface area contributed by atoms with E-state index in [-0.39, 0.29) is 24.0 Å². The standard InChI is InChI=1S/C11H10F7N.ClH/c12-8-4-6(3-7(5-8)11(16,17)18)9(19)1-2-10(13,14)15;/h3-5,9H,1-2,19H2;1H/t9-;/m1./s1. The topological polar surface area (TPSA) is 26.0 Å². The summed E-state index contributed by atoms with van der Waals surface area (Å²) in [4.78, 5) is 0. The van der Waals surface area contributed by atoms with Crippen LogP contribution in [0.15, 0.2) is 18.2 Å². The van der Waals surface area contributed by atoms with E-state index in [1.807, 2.05) is 0 Å². The monoisotopic (exact) mass is 325 g/mol. The summed E-state index contributed by atoms with van der Waals surface area (Å²) in [6.45, 7) is 0. The Bertz CT molecular complexity index is 441. The van der Waals surface area contributed by atoms with Crippen LogP contribution in [0.25, 0.3) is 0 Å². The lowest BCUT2D eigenvalue weighted by atomic mass is 10.00. The fraction of sp³-hybridized carbons (Fsp3) is 0.455. The van der Waals surface area contributed by atoms with Crippen molar-refractivity contribution in [3.63, 3.8) is 0 Å². The Hall–Kier alpha value is -1.02. The molecular weight excluding hydrogens is 315 g/mol. The first kappa shape index (κ1) is 19.0. The molecule has 116 valence electrons. The molecule has 1 atom stereocenters. The summed E-state index contributed by atoms with van der Waals surface area (Å²) in [5.41, 5.74) is 3.77. The lowest BCUT2D eigenvalue weighted by Gasteiger charge is -2.16. The van der Waals surface area contributed by atoms with Crippen molar-refractivity contribution in [2.45, 2.75) is 31.2 Å². The minimum absolute atomic E-state index is 0. The van der Waals surface area contributed by atoms with Gasteiger partial charge in [0.25, 0.3) is 0 Å². The molecule has 0 amide bonds. The Balaban J connectivity index is 0.00000361. The van der Waals surface area contributed by atoms with Crippen LogP contribution in [-0.4, -0.2) is 6.18 Å². The van der Waals surface area contributed by atoms with Crippen LogP contribution in [0.1, 0.15) is 30.0 Å². The molecule has 1 rings (SSSR count). The summed E-state index contributed by atoms with van der Waals surface area (Å²) in [7, 11) is 0. The number of alkyl halides is 6. The molecule has 0 aliphatic heterocycles. The van der Waals surface area contributed by atoms with Gasteiger partial charge in [-0.05, 0) is 30.2 Å². The Kier molecular flexibility index (Phi) is 6.28. The van der Waals surface area contributed by atoms with E-state index in [1.54, 1.807) is 0 Å². The molecule has 0 aliphatic rings. The third-order valence-corrected chi connectivity index (χ3v) is 2.41. The number of rotatable bonds is 3. The molecule has 0 heterocycles. The van der Waals surface area contributed by atoms with Crippen molar-refractivity contribution in [2.75, 3.05) is 0 Å². The first-order valence-electron chi connectivity index (χ1n) is 5.19. The molecule has 0 spiro atoms. The molecule has 0 radical (unpaired) electrons. The Morgan fingerprint density at radius 2 is 1.55 bits per heavy atom. The van der Waals surface area contributed by atoms with E-state index in [1.165, 1.54) is 0 Å². The summed E-state index contributed by atoms with van der Waals surface area (Å²) >= 11 is 0. The second-order valence-electron chi connectivity index (χ2n) is 4.03. The fourth-order valence-corrected chi connectivity index (χ4v) is 1.48. The third-order valence-electron chi connectivity index (χ3n) is 2.41. The van der Waals surface area contributed by atoms with Gasteiger partial charge >= 0.3 is 12.4 Å².